The number of anilines is 1. The second kappa shape index (κ2) is 9.26. The fraction of sp³-hybridized carbons (Fsp3) is 0.280. The zero-order chi connectivity index (χ0) is 20.9. The van der Waals surface area contributed by atoms with Gasteiger partial charge in [0.15, 0.2) is 0 Å². The second-order valence-corrected chi connectivity index (χ2v) is 8.53. The zero-order valence-corrected chi connectivity index (χ0v) is 18.0. The number of rotatable bonds is 5. The standard InChI is InChI=1S/C25H26N2O2S/c1-2-8-24(28)27-15-6-11-21(26-25(29)18-9-4-3-5-10-18)20-17-19(13-14-22(20)27)23-12-7-16-30-23/h3-5,7,9-10,12-14,16-17,21H,2,6,8,11,15H2,1H3,(H,26,29). The van der Waals surface area contributed by atoms with E-state index in [1.54, 1.807) is 11.3 Å². The summed E-state index contributed by atoms with van der Waals surface area (Å²) in [5, 5.41) is 5.28. The molecule has 1 unspecified atom stereocenters. The van der Waals surface area contributed by atoms with Gasteiger partial charge in [0.2, 0.25) is 5.91 Å². The van der Waals surface area contributed by atoms with E-state index < -0.39 is 0 Å². The number of benzene rings is 2. The Balaban J connectivity index is 1.72. The Labute approximate surface area is 181 Å². The van der Waals surface area contributed by atoms with Gasteiger partial charge < -0.3 is 10.2 Å². The minimum absolute atomic E-state index is 0.0820. The minimum atomic E-state index is -0.132. The molecule has 1 N–H and O–H groups in total. The smallest absolute Gasteiger partial charge is 0.251 e. The summed E-state index contributed by atoms with van der Waals surface area (Å²) in [6.07, 6.45) is 3.01. The van der Waals surface area contributed by atoms with Crippen molar-refractivity contribution >= 4 is 28.8 Å². The molecule has 4 rings (SSSR count). The molecule has 0 spiro atoms. The Kier molecular flexibility index (Phi) is 6.29. The van der Waals surface area contributed by atoms with Crippen molar-refractivity contribution in [3.63, 3.8) is 0 Å². The van der Waals surface area contributed by atoms with E-state index in [2.05, 4.69) is 28.9 Å². The van der Waals surface area contributed by atoms with Crippen LogP contribution in [0.25, 0.3) is 10.4 Å². The van der Waals surface area contributed by atoms with Gasteiger partial charge in [0, 0.05) is 29.1 Å². The number of carbonyl (C=O) groups excluding carboxylic acids is 2. The summed E-state index contributed by atoms with van der Waals surface area (Å²) in [7, 11) is 0. The first-order chi connectivity index (χ1) is 14.7. The van der Waals surface area contributed by atoms with Gasteiger partial charge >= 0.3 is 0 Å². The molecule has 2 amide bonds. The number of hydrogen-bond acceptors (Lipinski definition) is 3. The lowest BCUT2D eigenvalue weighted by atomic mass is 9.98. The van der Waals surface area contributed by atoms with E-state index in [4.69, 9.17) is 0 Å². The third-order valence-electron chi connectivity index (χ3n) is 5.48. The molecule has 30 heavy (non-hydrogen) atoms. The summed E-state index contributed by atoms with van der Waals surface area (Å²) in [6.45, 7) is 2.71. The lowest BCUT2D eigenvalue weighted by molar-refractivity contribution is -0.118. The monoisotopic (exact) mass is 418 g/mol. The molecule has 0 radical (unpaired) electrons. The molecule has 1 aliphatic heterocycles. The van der Waals surface area contributed by atoms with Crippen molar-refractivity contribution < 1.29 is 9.59 Å². The minimum Gasteiger partial charge on any atom is -0.345 e. The molecule has 0 saturated heterocycles. The summed E-state index contributed by atoms with van der Waals surface area (Å²) in [5.74, 6) is 0.0686. The number of thiophene rings is 1. The van der Waals surface area contributed by atoms with Gasteiger partial charge in [-0.15, -0.1) is 11.3 Å². The lowest BCUT2D eigenvalue weighted by Gasteiger charge is -2.25. The third kappa shape index (κ3) is 4.31. The van der Waals surface area contributed by atoms with Gasteiger partial charge in [-0.2, -0.15) is 0 Å². The van der Waals surface area contributed by atoms with Gasteiger partial charge in [-0.25, -0.2) is 0 Å². The summed E-state index contributed by atoms with van der Waals surface area (Å²) in [6, 6.07) is 19.6. The van der Waals surface area contributed by atoms with Crippen molar-refractivity contribution in [2.45, 2.75) is 38.6 Å². The molecule has 0 aliphatic carbocycles. The van der Waals surface area contributed by atoms with Gasteiger partial charge in [0.05, 0.1) is 6.04 Å². The van der Waals surface area contributed by atoms with Gasteiger partial charge in [0.1, 0.15) is 0 Å². The summed E-state index contributed by atoms with van der Waals surface area (Å²) in [4.78, 5) is 28.8. The fourth-order valence-electron chi connectivity index (χ4n) is 3.99. The average Bonchev–Trinajstić information content (AvgIpc) is 3.25. The molecular formula is C25H26N2O2S. The summed E-state index contributed by atoms with van der Waals surface area (Å²) >= 11 is 1.69. The van der Waals surface area contributed by atoms with Crippen LogP contribution in [0.1, 0.15) is 54.6 Å². The van der Waals surface area contributed by atoms with Crippen molar-refractivity contribution in [2.75, 3.05) is 11.4 Å². The number of carbonyl (C=O) groups is 2. The van der Waals surface area contributed by atoms with Gasteiger partial charge in [-0.05, 0) is 66.1 Å². The average molecular weight is 419 g/mol. The highest BCUT2D eigenvalue weighted by Crippen LogP contribution is 2.37. The van der Waals surface area contributed by atoms with E-state index in [1.807, 2.05) is 54.3 Å². The van der Waals surface area contributed by atoms with Crippen LogP contribution >= 0.6 is 11.3 Å². The van der Waals surface area contributed by atoms with Crippen LogP contribution in [0.3, 0.4) is 0 Å². The second-order valence-electron chi connectivity index (χ2n) is 7.58. The highest BCUT2D eigenvalue weighted by molar-refractivity contribution is 7.13. The van der Waals surface area contributed by atoms with Crippen LogP contribution in [0, 0.1) is 0 Å². The molecule has 1 atom stereocenters. The van der Waals surface area contributed by atoms with Crippen molar-refractivity contribution in [3.05, 3.63) is 77.2 Å². The zero-order valence-electron chi connectivity index (χ0n) is 17.1. The van der Waals surface area contributed by atoms with E-state index in [0.29, 0.717) is 18.5 Å². The maximum absolute atomic E-state index is 12.9. The Morgan fingerprint density at radius 3 is 2.67 bits per heavy atom. The van der Waals surface area contributed by atoms with Crippen LogP contribution < -0.4 is 10.2 Å². The molecule has 2 heterocycles. The predicted molar refractivity (Wildman–Crippen MR) is 123 cm³/mol. The first-order valence-corrected chi connectivity index (χ1v) is 11.4. The maximum atomic E-state index is 12.9. The largest absolute Gasteiger partial charge is 0.345 e. The van der Waals surface area contributed by atoms with Crippen LogP contribution in [0.15, 0.2) is 66.0 Å². The van der Waals surface area contributed by atoms with Crippen LogP contribution in [-0.4, -0.2) is 18.4 Å². The molecule has 4 nitrogen and oxygen atoms in total. The van der Waals surface area contributed by atoms with Gasteiger partial charge in [-0.1, -0.05) is 37.3 Å². The fourth-order valence-corrected chi connectivity index (χ4v) is 4.72. The molecule has 2 aromatic carbocycles. The number of nitrogens with zero attached hydrogens (tertiary/aromatic N) is 1. The summed E-state index contributed by atoms with van der Waals surface area (Å²) < 4.78 is 0. The normalized spacial score (nSPS) is 15.9. The quantitative estimate of drug-likeness (QED) is 0.568. The van der Waals surface area contributed by atoms with Crippen molar-refractivity contribution in [2.24, 2.45) is 0 Å². The number of amides is 2. The van der Waals surface area contributed by atoms with Crippen molar-refractivity contribution in [1.29, 1.82) is 0 Å². The number of fused-ring (bicyclic) bond motifs is 1. The van der Waals surface area contributed by atoms with Crippen molar-refractivity contribution in [1.82, 2.24) is 5.32 Å². The molecule has 1 aromatic heterocycles. The molecule has 0 fully saturated rings. The molecule has 0 saturated carbocycles. The van der Waals surface area contributed by atoms with Gasteiger partial charge in [0.25, 0.3) is 5.91 Å². The third-order valence-corrected chi connectivity index (χ3v) is 6.40. The first-order valence-electron chi connectivity index (χ1n) is 10.5. The van der Waals surface area contributed by atoms with Crippen LogP contribution in [-0.2, 0) is 4.79 Å². The van der Waals surface area contributed by atoms with Crippen LogP contribution in [0.2, 0.25) is 0 Å². The highest BCUT2D eigenvalue weighted by Gasteiger charge is 2.28. The van der Waals surface area contributed by atoms with Crippen LogP contribution in [0.5, 0.6) is 0 Å². The van der Waals surface area contributed by atoms with Gasteiger partial charge in [-0.3, -0.25) is 9.59 Å². The Bertz CT molecular complexity index is 1010. The lowest BCUT2D eigenvalue weighted by Crippen LogP contribution is -2.32. The van der Waals surface area contributed by atoms with E-state index in [-0.39, 0.29) is 17.9 Å². The molecule has 1 aliphatic rings. The number of hydrogen-bond donors (Lipinski definition) is 1. The van der Waals surface area contributed by atoms with E-state index >= 15 is 0 Å². The first kappa shape index (κ1) is 20.4. The van der Waals surface area contributed by atoms with E-state index in [9.17, 15) is 9.59 Å². The molecular weight excluding hydrogens is 392 g/mol. The molecule has 0 bridgehead atoms. The maximum Gasteiger partial charge on any atom is 0.251 e. The Morgan fingerprint density at radius 2 is 1.93 bits per heavy atom. The molecule has 5 heteroatoms. The van der Waals surface area contributed by atoms with E-state index in [0.717, 1.165) is 36.1 Å². The van der Waals surface area contributed by atoms with E-state index in [1.165, 1.54) is 4.88 Å². The van der Waals surface area contributed by atoms with Crippen molar-refractivity contribution in [3.8, 4) is 10.4 Å². The van der Waals surface area contributed by atoms with Crippen LogP contribution in [0.4, 0.5) is 5.69 Å². The highest BCUT2D eigenvalue weighted by atomic mass is 32.1. The number of nitrogens with one attached hydrogen (secondary N) is 1. The SMILES string of the molecule is CCCC(=O)N1CCCC(NC(=O)c2ccccc2)c2cc(-c3cccs3)ccc21. The predicted octanol–water partition coefficient (Wildman–Crippen LogP) is 5.81. The Hall–Kier alpha value is -2.92. The molecule has 154 valence electrons. The Morgan fingerprint density at radius 1 is 1.10 bits per heavy atom. The molecule has 3 aromatic rings. The summed E-state index contributed by atoms with van der Waals surface area (Å²) in [5.41, 5.74) is 3.71. The topological polar surface area (TPSA) is 49.4 Å².